The highest BCUT2D eigenvalue weighted by Crippen LogP contribution is 2.27. The molecule has 1 aromatic heterocycles. The number of amides is 1. The van der Waals surface area contributed by atoms with Gasteiger partial charge >= 0.3 is 0 Å². The lowest BCUT2D eigenvalue weighted by Crippen LogP contribution is -2.41. The Kier molecular flexibility index (Phi) is 7.68. The molecule has 0 saturated carbocycles. The third-order valence-electron chi connectivity index (χ3n) is 4.92. The summed E-state index contributed by atoms with van der Waals surface area (Å²) in [5, 5.41) is 3.23. The highest BCUT2D eigenvalue weighted by Gasteiger charge is 2.29. The van der Waals surface area contributed by atoms with E-state index in [4.69, 9.17) is 21.1 Å². The van der Waals surface area contributed by atoms with Crippen LogP contribution < -0.4 is 20.3 Å². The van der Waals surface area contributed by atoms with Crippen LogP contribution in [0.25, 0.3) is 0 Å². The lowest BCUT2D eigenvalue weighted by atomic mass is 10.0. The number of pyridine rings is 1. The second kappa shape index (κ2) is 10.6. The van der Waals surface area contributed by atoms with Crippen molar-refractivity contribution < 1.29 is 19.1 Å². The number of ketones is 1. The number of nitrogens with zero attached hydrogens (tertiary/aromatic N) is 1. The third kappa shape index (κ3) is 5.36. The zero-order valence-electron chi connectivity index (χ0n) is 17.7. The molecular formula is C24H23ClN2O5. The summed E-state index contributed by atoms with van der Waals surface area (Å²) < 4.78 is 11.7. The van der Waals surface area contributed by atoms with E-state index in [-0.39, 0.29) is 12.1 Å². The van der Waals surface area contributed by atoms with Crippen molar-refractivity contribution in [3.63, 3.8) is 0 Å². The van der Waals surface area contributed by atoms with Crippen LogP contribution in [0.2, 0.25) is 5.02 Å². The number of rotatable bonds is 9. The Labute approximate surface area is 190 Å². The molecule has 0 spiro atoms. The molecule has 0 aliphatic rings. The fraction of sp³-hybridized carbons (Fsp3) is 0.208. The van der Waals surface area contributed by atoms with E-state index in [1.165, 1.54) is 24.4 Å². The molecule has 1 amide bonds. The number of hydrogen-bond donors (Lipinski definition) is 1. The molecule has 1 atom stereocenters. The Morgan fingerprint density at radius 3 is 2.38 bits per heavy atom. The molecule has 8 heteroatoms. The fourth-order valence-electron chi connectivity index (χ4n) is 3.26. The highest BCUT2D eigenvalue weighted by molar-refractivity contribution is 6.30. The first-order valence-corrected chi connectivity index (χ1v) is 10.3. The van der Waals surface area contributed by atoms with E-state index in [0.29, 0.717) is 22.9 Å². The van der Waals surface area contributed by atoms with Gasteiger partial charge in [0.05, 0.1) is 14.2 Å². The van der Waals surface area contributed by atoms with Crippen molar-refractivity contribution in [2.24, 2.45) is 0 Å². The average molecular weight is 455 g/mol. The van der Waals surface area contributed by atoms with Gasteiger partial charge in [0.25, 0.3) is 11.5 Å². The highest BCUT2D eigenvalue weighted by atomic mass is 35.5. The van der Waals surface area contributed by atoms with Crippen molar-refractivity contribution in [1.82, 2.24) is 9.88 Å². The molecule has 0 bridgehead atoms. The molecule has 0 aliphatic heterocycles. The van der Waals surface area contributed by atoms with Gasteiger partial charge in [-0.2, -0.15) is 0 Å². The van der Waals surface area contributed by atoms with Crippen LogP contribution in [0.15, 0.2) is 71.7 Å². The summed E-state index contributed by atoms with van der Waals surface area (Å²) in [4.78, 5) is 38.5. The molecule has 0 fully saturated rings. The van der Waals surface area contributed by atoms with Crippen LogP contribution in [0.5, 0.6) is 11.5 Å². The summed E-state index contributed by atoms with van der Waals surface area (Å²) in [6.45, 7) is 0.264. The van der Waals surface area contributed by atoms with Crippen molar-refractivity contribution in [3.8, 4) is 11.5 Å². The van der Waals surface area contributed by atoms with Crippen LogP contribution in [0.4, 0.5) is 0 Å². The summed E-state index contributed by atoms with van der Waals surface area (Å²) in [5.41, 5.74) is 0.750. The first-order chi connectivity index (χ1) is 15.4. The molecule has 2 aromatic carbocycles. The second-order valence-electron chi connectivity index (χ2n) is 6.95. The maximum absolute atomic E-state index is 13.1. The van der Waals surface area contributed by atoms with Gasteiger partial charge < -0.3 is 14.8 Å². The van der Waals surface area contributed by atoms with Gasteiger partial charge in [-0.1, -0.05) is 23.7 Å². The van der Waals surface area contributed by atoms with E-state index in [1.54, 1.807) is 44.6 Å². The quantitative estimate of drug-likeness (QED) is 0.396. The minimum Gasteiger partial charge on any atom is -0.493 e. The molecule has 166 valence electrons. The Morgan fingerprint density at radius 2 is 1.72 bits per heavy atom. The van der Waals surface area contributed by atoms with Gasteiger partial charge in [0, 0.05) is 29.4 Å². The monoisotopic (exact) mass is 454 g/mol. The minimum atomic E-state index is -1.34. The smallest absolute Gasteiger partial charge is 0.251 e. The molecule has 0 aliphatic carbocycles. The summed E-state index contributed by atoms with van der Waals surface area (Å²) in [6, 6.07) is 14.8. The number of Topliss-reactive ketones (excluding diaryl/α,β-unsaturated/α-hetero) is 1. The molecule has 1 unspecified atom stereocenters. The zero-order chi connectivity index (χ0) is 23.1. The molecule has 3 rings (SSSR count). The molecule has 3 aromatic rings. The summed E-state index contributed by atoms with van der Waals surface area (Å²) in [5.74, 6) is 0.123. The van der Waals surface area contributed by atoms with E-state index in [1.807, 2.05) is 12.1 Å². The number of benzene rings is 2. The van der Waals surface area contributed by atoms with Crippen LogP contribution in [0.1, 0.15) is 22.0 Å². The van der Waals surface area contributed by atoms with Gasteiger partial charge in [-0.3, -0.25) is 19.0 Å². The standard InChI is InChI=1S/C24H23ClN2O5/c1-31-19-11-6-16(15-20(19)32-2)12-13-26-24(30)22(27-14-4-3-5-21(27)28)23(29)17-7-9-18(25)10-8-17/h3-11,14-15,22H,12-13H2,1-2H3,(H,26,30). The number of carbonyl (C=O) groups is 2. The lowest BCUT2D eigenvalue weighted by molar-refractivity contribution is -0.123. The number of methoxy groups -OCH3 is 2. The van der Waals surface area contributed by atoms with Crippen molar-refractivity contribution in [3.05, 3.63) is 93.4 Å². The minimum absolute atomic E-state index is 0.264. The molecular weight excluding hydrogens is 432 g/mol. The average Bonchev–Trinajstić information content (AvgIpc) is 2.80. The Bertz CT molecular complexity index is 1160. The van der Waals surface area contributed by atoms with Crippen molar-refractivity contribution in [2.75, 3.05) is 20.8 Å². The fourth-order valence-corrected chi connectivity index (χ4v) is 3.39. The summed E-state index contributed by atoms with van der Waals surface area (Å²) in [6.07, 6.45) is 1.92. The number of aromatic nitrogens is 1. The predicted octanol–water partition coefficient (Wildman–Crippen LogP) is 3.30. The zero-order valence-corrected chi connectivity index (χ0v) is 18.5. The first kappa shape index (κ1) is 23.1. The van der Waals surface area contributed by atoms with E-state index in [9.17, 15) is 14.4 Å². The van der Waals surface area contributed by atoms with E-state index >= 15 is 0 Å². The SMILES string of the molecule is COc1ccc(CCNC(=O)C(C(=O)c2ccc(Cl)cc2)n2ccccc2=O)cc1OC. The van der Waals surface area contributed by atoms with Crippen LogP contribution in [0, 0.1) is 0 Å². The third-order valence-corrected chi connectivity index (χ3v) is 5.17. The Morgan fingerprint density at radius 1 is 1.00 bits per heavy atom. The topological polar surface area (TPSA) is 86.6 Å². The lowest BCUT2D eigenvalue weighted by Gasteiger charge is -2.18. The maximum atomic E-state index is 13.1. The molecule has 0 radical (unpaired) electrons. The van der Waals surface area contributed by atoms with E-state index in [2.05, 4.69) is 5.32 Å². The van der Waals surface area contributed by atoms with Gasteiger partial charge in [0.15, 0.2) is 23.3 Å². The van der Waals surface area contributed by atoms with Gasteiger partial charge in [-0.05, 0) is 54.4 Å². The van der Waals surface area contributed by atoms with Gasteiger partial charge in [-0.15, -0.1) is 0 Å². The summed E-state index contributed by atoms with van der Waals surface area (Å²) in [7, 11) is 3.11. The molecule has 1 heterocycles. The van der Waals surface area contributed by atoms with Gasteiger partial charge in [0.1, 0.15) is 0 Å². The number of carbonyl (C=O) groups excluding carboxylic acids is 2. The predicted molar refractivity (Wildman–Crippen MR) is 122 cm³/mol. The normalized spacial score (nSPS) is 11.5. The van der Waals surface area contributed by atoms with Crippen molar-refractivity contribution >= 4 is 23.3 Å². The Hall–Kier alpha value is -3.58. The maximum Gasteiger partial charge on any atom is 0.251 e. The van der Waals surface area contributed by atoms with E-state index < -0.39 is 23.3 Å². The number of ether oxygens (including phenoxy) is 2. The molecule has 0 saturated heterocycles. The van der Waals surface area contributed by atoms with Crippen LogP contribution >= 0.6 is 11.6 Å². The first-order valence-electron chi connectivity index (χ1n) is 9.90. The van der Waals surface area contributed by atoms with Crippen LogP contribution in [-0.4, -0.2) is 37.0 Å². The van der Waals surface area contributed by atoms with E-state index in [0.717, 1.165) is 10.1 Å². The summed E-state index contributed by atoms with van der Waals surface area (Å²) >= 11 is 5.91. The Balaban J connectivity index is 1.78. The van der Waals surface area contributed by atoms with Gasteiger partial charge in [-0.25, -0.2) is 0 Å². The van der Waals surface area contributed by atoms with Gasteiger partial charge in [0.2, 0.25) is 0 Å². The van der Waals surface area contributed by atoms with Crippen molar-refractivity contribution in [1.29, 1.82) is 0 Å². The number of halogens is 1. The molecule has 7 nitrogen and oxygen atoms in total. The number of nitrogens with one attached hydrogen (secondary N) is 1. The van der Waals surface area contributed by atoms with Crippen LogP contribution in [-0.2, 0) is 11.2 Å². The van der Waals surface area contributed by atoms with Crippen molar-refractivity contribution in [2.45, 2.75) is 12.5 Å². The molecule has 1 N–H and O–H groups in total. The van der Waals surface area contributed by atoms with Crippen LogP contribution in [0.3, 0.4) is 0 Å². The second-order valence-corrected chi connectivity index (χ2v) is 7.39. The number of hydrogen-bond acceptors (Lipinski definition) is 5. The molecule has 32 heavy (non-hydrogen) atoms. The largest absolute Gasteiger partial charge is 0.493 e.